The summed E-state index contributed by atoms with van der Waals surface area (Å²) in [5.41, 5.74) is 0.0231. The second-order valence-corrected chi connectivity index (χ2v) is 2.49. The fourth-order valence-corrected chi connectivity index (χ4v) is 1.11. The van der Waals surface area contributed by atoms with Crippen LogP contribution < -0.4 is 0 Å². The van der Waals surface area contributed by atoms with Crippen LogP contribution in [0.2, 0.25) is 0 Å². The van der Waals surface area contributed by atoms with Crippen LogP contribution in [0.1, 0.15) is 0 Å². The summed E-state index contributed by atoms with van der Waals surface area (Å²) in [4.78, 5) is 0. The largest absolute Gasteiger partial charge is 0.505 e. The molecule has 0 aliphatic heterocycles. The lowest BCUT2D eigenvalue weighted by molar-refractivity contribution is -0.209. The molecule has 0 aliphatic carbocycles. The molecule has 0 saturated carbocycles. The van der Waals surface area contributed by atoms with Crippen molar-refractivity contribution in [3.05, 3.63) is 30.5 Å². The van der Waals surface area contributed by atoms with Crippen molar-refractivity contribution < 1.29 is 13.2 Å². The smallest absolute Gasteiger partial charge is 0.173 e. The van der Waals surface area contributed by atoms with E-state index in [9.17, 15) is 13.2 Å². The predicted molar refractivity (Wildman–Crippen MR) is 39.9 cm³/mol. The lowest BCUT2D eigenvalue weighted by Crippen LogP contribution is -2.17. The number of fused-ring (bicyclic) bond motifs is 1. The Hall–Kier alpha value is -1.52. The SMILES string of the molecule is FC(F)(F)n1ncc2[c]cccc21. The first-order valence-electron chi connectivity index (χ1n) is 3.51. The summed E-state index contributed by atoms with van der Waals surface area (Å²) in [6.45, 7) is 0. The Morgan fingerprint density at radius 1 is 1.38 bits per heavy atom. The molecule has 0 amide bonds. The minimum atomic E-state index is -4.46. The van der Waals surface area contributed by atoms with E-state index in [2.05, 4.69) is 11.2 Å². The van der Waals surface area contributed by atoms with Crippen LogP contribution in [0, 0.1) is 6.07 Å². The predicted octanol–water partition coefficient (Wildman–Crippen LogP) is 2.31. The number of benzene rings is 1. The van der Waals surface area contributed by atoms with E-state index in [0.717, 1.165) is 6.20 Å². The van der Waals surface area contributed by atoms with Crippen LogP contribution in [-0.4, -0.2) is 9.78 Å². The summed E-state index contributed by atoms with van der Waals surface area (Å²) in [6, 6.07) is 7.05. The fraction of sp³-hybridized carbons (Fsp3) is 0.125. The molecular weight excluding hydrogens is 181 g/mol. The Bertz CT molecular complexity index is 430. The van der Waals surface area contributed by atoms with Gasteiger partial charge in [-0.2, -0.15) is 9.78 Å². The summed E-state index contributed by atoms with van der Waals surface area (Å²) in [5.74, 6) is 0. The van der Waals surface area contributed by atoms with E-state index in [-0.39, 0.29) is 10.2 Å². The third-order valence-electron chi connectivity index (χ3n) is 1.64. The molecule has 0 N–H and O–H groups in total. The zero-order chi connectivity index (χ0) is 9.47. The molecule has 0 fully saturated rings. The molecule has 0 bridgehead atoms. The van der Waals surface area contributed by atoms with Crippen LogP contribution in [0.3, 0.4) is 0 Å². The van der Waals surface area contributed by atoms with Crippen LogP contribution in [-0.2, 0) is 6.30 Å². The van der Waals surface area contributed by atoms with Gasteiger partial charge in [0, 0.05) is 5.39 Å². The maximum Gasteiger partial charge on any atom is 0.505 e. The zero-order valence-electron chi connectivity index (χ0n) is 6.34. The number of halogens is 3. The first kappa shape index (κ1) is 8.10. The summed E-state index contributed by atoms with van der Waals surface area (Å²) in [5, 5.41) is 3.59. The van der Waals surface area contributed by atoms with Crippen LogP contribution in [0.15, 0.2) is 24.4 Å². The van der Waals surface area contributed by atoms with E-state index in [1.54, 1.807) is 6.07 Å². The molecule has 2 nitrogen and oxygen atoms in total. The Labute approximate surface area is 71.6 Å². The third-order valence-corrected chi connectivity index (χ3v) is 1.64. The van der Waals surface area contributed by atoms with Crippen LogP contribution in [0.5, 0.6) is 0 Å². The van der Waals surface area contributed by atoms with Crippen molar-refractivity contribution in [3.8, 4) is 0 Å². The highest BCUT2D eigenvalue weighted by molar-refractivity contribution is 5.77. The number of aromatic nitrogens is 2. The van der Waals surface area contributed by atoms with Gasteiger partial charge in [0.05, 0.1) is 11.7 Å². The maximum absolute atomic E-state index is 12.2. The van der Waals surface area contributed by atoms with Gasteiger partial charge in [0.2, 0.25) is 0 Å². The minimum Gasteiger partial charge on any atom is -0.173 e. The van der Waals surface area contributed by atoms with Gasteiger partial charge in [-0.05, 0) is 12.1 Å². The average molecular weight is 185 g/mol. The quantitative estimate of drug-likeness (QED) is 0.615. The fourth-order valence-electron chi connectivity index (χ4n) is 1.11. The van der Waals surface area contributed by atoms with E-state index < -0.39 is 6.30 Å². The molecular formula is C8H4F3N2. The maximum atomic E-state index is 12.2. The van der Waals surface area contributed by atoms with E-state index in [0.29, 0.717) is 5.39 Å². The van der Waals surface area contributed by atoms with E-state index in [1.165, 1.54) is 12.1 Å². The van der Waals surface area contributed by atoms with E-state index in [1.807, 2.05) is 0 Å². The number of rotatable bonds is 0. The van der Waals surface area contributed by atoms with Gasteiger partial charge in [0.15, 0.2) is 0 Å². The minimum absolute atomic E-state index is 0.0231. The number of hydrogen-bond acceptors (Lipinski definition) is 1. The van der Waals surface area contributed by atoms with Crippen LogP contribution in [0.4, 0.5) is 13.2 Å². The van der Waals surface area contributed by atoms with Crippen molar-refractivity contribution in [2.75, 3.05) is 0 Å². The Morgan fingerprint density at radius 2 is 2.15 bits per heavy atom. The zero-order valence-corrected chi connectivity index (χ0v) is 6.34. The third kappa shape index (κ3) is 1.26. The lowest BCUT2D eigenvalue weighted by atomic mass is 10.3. The first-order chi connectivity index (χ1) is 6.09. The highest BCUT2D eigenvalue weighted by Gasteiger charge is 2.32. The Morgan fingerprint density at radius 3 is 2.85 bits per heavy atom. The van der Waals surface area contributed by atoms with Crippen LogP contribution >= 0.6 is 0 Å². The molecule has 2 aromatic rings. The highest BCUT2D eigenvalue weighted by atomic mass is 19.4. The first-order valence-corrected chi connectivity index (χ1v) is 3.51. The molecule has 5 heteroatoms. The summed E-state index contributed by atoms with van der Waals surface area (Å²) in [6.07, 6.45) is -3.32. The van der Waals surface area contributed by atoms with Crippen molar-refractivity contribution in [1.82, 2.24) is 9.78 Å². The number of hydrogen-bond donors (Lipinski definition) is 0. The molecule has 2 rings (SSSR count). The van der Waals surface area contributed by atoms with Crippen molar-refractivity contribution in [3.63, 3.8) is 0 Å². The summed E-state index contributed by atoms with van der Waals surface area (Å²) < 4.78 is 36.7. The molecule has 0 atom stereocenters. The number of nitrogens with zero attached hydrogens (tertiary/aromatic N) is 2. The van der Waals surface area contributed by atoms with Gasteiger partial charge < -0.3 is 0 Å². The van der Waals surface area contributed by atoms with Crippen molar-refractivity contribution >= 4 is 10.9 Å². The second kappa shape index (κ2) is 2.48. The van der Waals surface area contributed by atoms with E-state index >= 15 is 0 Å². The molecule has 0 aliphatic rings. The van der Waals surface area contributed by atoms with Crippen molar-refractivity contribution in [2.45, 2.75) is 6.30 Å². The summed E-state index contributed by atoms with van der Waals surface area (Å²) >= 11 is 0. The topological polar surface area (TPSA) is 17.8 Å². The molecule has 13 heavy (non-hydrogen) atoms. The van der Waals surface area contributed by atoms with Gasteiger partial charge >= 0.3 is 6.30 Å². The van der Waals surface area contributed by atoms with Gasteiger partial charge in [0.1, 0.15) is 0 Å². The molecule has 67 valence electrons. The van der Waals surface area contributed by atoms with Gasteiger partial charge in [-0.25, -0.2) is 0 Å². The van der Waals surface area contributed by atoms with Crippen molar-refractivity contribution in [2.24, 2.45) is 0 Å². The normalized spacial score (nSPS) is 12.2. The molecule has 1 aromatic heterocycles. The second-order valence-electron chi connectivity index (χ2n) is 2.49. The number of alkyl halides is 3. The van der Waals surface area contributed by atoms with Gasteiger partial charge in [0.25, 0.3) is 0 Å². The Kier molecular flexibility index (Phi) is 1.55. The standard InChI is InChI=1S/C8H4F3N2/c9-8(10,11)13-7-4-2-1-3-6(7)5-12-13/h1-2,4-5H. The molecule has 1 heterocycles. The highest BCUT2D eigenvalue weighted by Crippen LogP contribution is 2.25. The van der Waals surface area contributed by atoms with Crippen LogP contribution in [0.25, 0.3) is 10.9 Å². The Balaban J connectivity index is 2.72. The van der Waals surface area contributed by atoms with E-state index in [4.69, 9.17) is 0 Å². The molecule has 0 spiro atoms. The van der Waals surface area contributed by atoms with Gasteiger partial charge in [-0.1, -0.05) is 12.1 Å². The lowest BCUT2D eigenvalue weighted by Gasteiger charge is -2.06. The van der Waals surface area contributed by atoms with Gasteiger partial charge in [-0.3, -0.25) is 0 Å². The molecule has 1 aromatic carbocycles. The monoisotopic (exact) mass is 185 g/mol. The van der Waals surface area contributed by atoms with Crippen molar-refractivity contribution in [1.29, 1.82) is 0 Å². The molecule has 1 radical (unpaired) electrons. The molecule has 0 saturated heterocycles. The average Bonchev–Trinajstić information content (AvgIpc) is 2.45. The summed E-state index contributed by atoms with van der Waals surface area (Å²) in [7, 11) is 0. The van der Waals surface area contributed by atoms with Gasteiger partial charge in [-0.15, -0.1) is 13.2 Å². The molecule has 0 unspecified atom stereocenters.